The fourth-order valence-corrected chi connectivity index (χ4v) is 6.24. The van der Waals surface area contributed by atoms with Crippen LogP contribution in [0.1, 0.15) is 11.1 Å². The number of hydrogen-bond acceptors (Lipinski definition) is 5. The van der Waals surface area contributed by atoms with Crippen LogP contribution < -0.4 is 14.4 Å². The minimum Gasteiger partial charge on any atom is -0.476 e. The number of halogens is 1. The summed E-state index contributed by atoms with van der Waals surface area (Å²) in [6, 6.07) is 23.6. The van der Waals surface area contributed by atoms with E-state index in [4.69, 9.17) is 16.3 Å². The predicted octanol–water partition coefficient (Wildman–Crippen LogP) is 4.49. The summed E-state index contributed by atoms with van der Waals surface area (Å²) < 4.78 is 33.7. The lowest BCUT2D eigenvalue weighted by Crippen LogP contribution is -2.51. The lowest BCUT2D eigenvalue weighted by atomic mass is 10.2. The van der Waals surface area contributed by atoms with Gasteiger partial charge < -0.3 is 10.1 Å². The van der Waals surface area contributed by atoms with Crippen LogP contribution in [0.15, 0.2) is 78.9 Å². The number of sulfonamides is 1. The molecular formula is C25H25ClN2O4S2. The molecule has 0 saturated heterocycles. The number of ether oxygens (including phenoxy) is 1. The number of benzene rings is 3. The number of fused-ring (bicyclic) bond motifs is 1. The molecule has 0 radical (unpaired) electrons. The quantitative estimate of drug-likeness (QED) is 0.424. The summed E-state index contributed by atoms with van der Waals surface area (Å²) >= 11 is 7.69. The maximum absolute atomic E-state index is 13.3. The van der Waals surface area contributed by atoms with Crippen molar-refractivity contribution in [2.45, 2.75) is 17.6 Å². The maximum atomic E-state index is 13.3. The summed E-state index contributed by atoms with van der Waals surface area (Å²) in [4.78, 5) is 12.8. The van der Waals surface area contributed by atoms with Gasteiger partial charge in [0.25, 0.3) is 5.91 Å². The van der Waals surface area contributed by atoms with Crippen molar-refractivity contribution >= 4 is 45.0 Å². The van der Waals surface area contributed by atoms with Crippen molar-refractivity contribution < 1.29 is 17.9 Å². The lowest BCUT2D eigenvalue weighted by Gasteiger charge is -2.34. The number of carbonyl (C=O) groups excluding carboxylic acids is 1. The van der Waals surface area contributed by atoms with Crippen molar-refractivity contribution in [2.75, 3.05) is 23.1 Å². The Labute approximate surface area is 209 Å². The van der Waals surface area contributed by atoms with Crippen LogP contribution >= 0.6 is 23.4 Å². The van der Waals surface area contributed by atoms with E-state index in [9.17, 15) is 13.2 Å². The molecule has 1 aliphatic rings. The molecule has 1 amide bonds. The Bertz CT molecular complexity index is 1240. The monoisotopic (exact) mass is 516 g/mol. The number of carbonyl (C=O) groups is 1. The van der Waals surface area contributed by atoms with Crippen LogP contribution in [0, 0.1) is 0 Å². The first kappa shape index (κ1) is 24.4. The van der Waals surface area contributed by atoms with E-state index in [2.05, 4.69) is 5.32 Å². The molecule has 1 heterocycles. The average Bonchev–Trinajstić information content (AvgIpc) is 2.83. The third kappa shape index (κ3) is 6.25. The number of nitrogens with one attached hydrogen (secondary N) is 1. The molecule has 3 aromatic carbocycles. The summed E-state index contributed by atoms with van der Waals surface area (Å²) in [6.07, 6.45) is -0.932. The number of hydrogen-bond donors (Lipinski definition) is 1. The topological polar surface area (TPSA) is 75.7 Å². The van der Waals surface area contributed by atoms with Crippen LogP contribution in [0.4, 0.5) is 5.69 Å². The van der Waals surface area contributed by atoms with Crippen LogP contribution in [0.3, 0.4) is 0 Å². The Morgan fingerprint density at radius 1 is 1.03 bits per heavy atom. The number of para-hydroxylation sites is 2. The fraction of sp³-hybridized carbons (Fsp3) is 0.240. The molecule has 3 aromatic rings. The minimum atomic E-state index is -3.72. The molecule has 0 spiro atoms. The average molecular weight is 517 g/mol. The second-order valence-corrected chi connectivity index (χ2v) is 11.3. The molecule has 0 bridgehead atoms. The zero-order chi connectivity index (χ0) is 24.0. The highest BCUT2D eigenvalue weighted by Gasteiger charge is 2.36. The summed E-state index contributed by atoms with van der Waals surface area (Å²) in [5.41, 5.74) is 2.25. The Kier molecular flexibility index (Phi) is 8.03. The van der Waals surface area contributed by atoms with Crippen LogP contribution in [0.2, 0.25) is 5.02 Å². The number of rotatable bonds is 9. The SMILES string of the molecule is O=C(NCCSCc1cccc(Cl)c1)C1CN(S(=O)(=O)Cc2ccccc2)c2ccccc2O1. The van der Waals surface area contributed by atoms with Gasteiger partial charge in [-0.3, -0.25) is 9.10 Å². The van der Waals surface area contributed by atoms with E-state index in [1.807, 2.05) is 30.3 Å². The fourth-order valence-electron chi connectivity index (χ4n) is 3.64. The summed E-state index contributed by atoms with van der Waals surface area (Å²) in [7, 11) is -3.72. The molecule has 1 unspecified atom stereocenters. The van der Waals surface area contributed by atoms with Gasteiger partial charge in [-0.2, -0.15) is 11.8 Å². The van der Waals surface area contributed by atoms with Crippen LogP contribution in [0.5, 0.6) is 5.75 Å². The molecule has 1 atom stereocenters. The molecule has 178 valence electrons. The molecule has 9 heteroatoms. The molecule has 0 aliphatic carbocycles. The van der Waals surface area contributed by atoms with E-state index in [0.717, 1.165) is 11.3 Å². The summed E-state index contributed by atoms with van der Waals surface area (Å²) in [6.45, 7) is 0.371. The van der Waals surface area contributed by atoms with Crippen molar-refractivity contribution in [3.05, 3.63) is 95.0 Å². The predicted molar refractivity (Wildman–Crippen MR) is 138 cm³/mol. The standard InChI is InChI=1S/C25H25ClN2O4S2/c26-21-10-6-9-20(15-21)17-33-14-13-27-25(29)24-16-28(22-11-4-5-12-23(22)32-24)34(30,31)18-19-7-2-1-3-8-19/h1-12,15,24H,13-14,16-18H2,(H,27,29). The molecule has 1 aliphatic heterocycles. The van der Waals surface area contributed by atoms with E-state index < -0.39 is 16.1 Å². The van der Waals surface area contributed by atoms with Gasteiger partial charge >= 0.3 is 0 Å². The lowest BCUT2D eigenvalue weighted by molar-refractivity contribution is -0.127. The number of thioether (sulfide) groups is 1. The highest BCUT2D eigenvalue weighted by Crippen LogP contribution is 2.35. The van der Waals surface area contributed by atoms with Gasteiger partial charge in [-0.1, -0.05) is 66.2 Å². The zero-order valence-electron chi connectivity index (χ0n) is 18.4. The second kappa shape index (κ2) is 11.2. The highest BCUT2D eigenvalue weighted by molar-refractivity contribution is 7.98. The van der Waals surface area contributed by atoms with E-state index in [1.54, 1.807) is 60.3 Å². The third-order valence-corrected chi connectivity index (χ3v) is 8.24. The summed E-state index contributed by atoms with van der Waals surface area (Å²) in [5, 5.41) is 3.57. The molecule has 0 saturated carbocycles. The largest absolute Gasteiger partial charge is 0.476 e. The van der Waals surface area contributed by atoms with Gasteiger partial charge in [-0.05, 0) is 35.4 Å². The van der Waals surface area contributed by atoms with Gasteiger partial charge in [0, 0.05) is 23.1 Å². The third-order valence-electron chi connectivity index (χ3n) is 5.26. The van der Waals surface area contributed by atoms with Crippen molar-refractivity contribution in [1.29, 1.82) is 0 Å². The Morgan fingerprint density at radius 2 is 1.76 bits per heavy atom. The molecule has 4 rings (SSSR count). The Morgan fingerprint density at radius 3 is 2.56 bits per heavy atom. The summed E-state index contributed by atoms with van der Waals surface area (Å²) in [5.74, 6) is 1.38. The second-order valence-electron chi connectivity index (χ2n) is 7.82. The van der Waals surface area contributed by atoms with E-state index >= 15 is 0 Å². The van der Waals surface area contributed by atoms with Gasteiger partial charge in [0.05, 0.1) is 18.0 Å². The first-order valence-electron chi connectivity index (χ1n) is 10.8. The van der Waals surface area contributed by atoms with Gasteiger partial charge in [0.1, 0.15) is 5.75 Å². The number of nitrogens with zero attached hydrogens (tertiary/aromatic N) is 1. The molecule has 0 aromatic heterocycles. The van der Waals surface area contributed by atoms with E-state index in [-0.39, 0.29) is 18.2 Å². The Balaban J connectivity index is 1.37. The molecule has 34 heavy (non-hydrogen) atoms. The molecule has 1 N–H and O–H groups in total. The number of amides is 1. The molecular weight excluding hydrogens is 492 g/mol. The van der Waals surface area contributed by atoms with Crippen molar-refractivity contribution in [2.24, 2.45) is 0 Å². The van der Waals surface area contributed by atoms with Crippen molar-refractivity contribution in [3.8, 4) is 5.75 Å². The minimum absolute atomic E-state index is 0.0757. The smallest absolute Gasteiger partial charge is 0.263 e. The molecule has 0 fully saturated rings. The normalized spacial score (nSPS) is 15.3. The maximum Gasteiger partial charge on any atom is 0.263 e. The van der Waals surface area contributed by atoms with Gasteiger partial charge in [-0.25, -0.2) is 8.42 Å². The Hall–Kier alpha value is -2.68. The van der Waals surface area contributed by atoms with Crippen LogP contribution in [0.25, 0.3) is 0 Å². The van der Waals surface area contributed by atoms with Gasteiger partial charge in [0.15, 0.2) is 6.10 Å². The van der Waals surface area contributed by atoms with Gasteiger partial charge in [-0.15, -0.1) is 0 Å². The number of anilines is 1. The van der Waals surface area contributed by atoms with Crippen LogP contribution in [-0.4, -0.2) is 39.3 Å². The first-order chi connectivity index (χ1) is 16.4. The molecule has 6 nitrogen and oxygen atoms in total. The van der Waals surface area contributed by atoms with Crippen molar-refractivity contribution in [3.63, 3.8) is 0 Å². The van der Waals surface area contributed by atoms with Crippen molar-refractivity contribution in [1.82, 2.24) is 5.32 Å². The zero-order valence-corrected chi connectivity index (χ0v) is 20.8. The van der Waals surface area contributed by atoms with E-state index in [0.29, 0.717) is 34.3 Å². The van der Waals surface area contributed by atoms with E-state index in [1.165, 1.54) is 4.31 Å². The van der Waals surface area contributed by atoms with Gasteiger partial charge in [0.2, 0.25) is 10.0 Å². The highest BCUT2D eigenvalue weighted by atomic mass is 35.5. The first-order valence-corrected chi connectivity index (χ1v) is 14.0. The van der Waals surface area contributed by atoms with Crippen LogP contribution in [-0.2, 0) is 26.3 Å².